The minimum Gasteiger partial charge on any atom is -0.478 e. The number of hydrogen-bond donors (Lipinski definition) is 1. The highest BCUT2D eigenvalue weighted by molar-refractivity contribution is 7.10. The van der Waals surface area contributed by atoms with E-state index in [4.69, 9.17) is 14.6 Å². The number of thiazole rings is 1. The highest BCUT2D eigenvalue weighted by Gasteiger charge is 2.19. The summed E-state index contributed by atoms with van der Waals surface area (Å²) in [7, 11) is 0. The van der Waals surface area contributed by atoms with E-state index in [2.05, 4.69) is 29.2 Å². The van der Waals surface area contributed by atoms with Crippen LogP contribution in [0.4, 0.5) is 0 Å². The van der Waals surface area contributed by atoms with E-state index in [9.17, 15) is 9.59 Å². The van der Waals surface area contributed by atoms with Gasteiger partial charge in [0.05, 0.1) is 18.9 Å². The van der Waals surface area contributed by atoms with Gasteiger partial charge in [-0.25, -0.2) is 9.78 Å². The second-order valence-electron chi connectivity index (χ2n) is 8.13. The molecule has 0 aliphatic carbocycles. The van der Waals surface area contributed by atoms with Crippen molar-refractivity contribution < 1.29 is 19.4 Å². The third kappa shape index (κ3) is 5.55. The van der Waals surface area contributed by atoms with Crippen LogP contribution >= 0.6 is 11.3 Å². The maximum absolute atomic E-state index is 13.1. The van der Waals surface area contributed by atoms with Gasteiger partial charge in [0, 0.05) is 30.2 Å². The molecule has 33 heavy (non-hydrogen) atoms. The van der Waals surface area contributed by atoms with Crippen molar-refractivity contribution in [1.82, 2.24) is 14.4 Å². The molecule has 1 fully saturated rings. The Labute approximate surface area is 194 Å². The van der Waals surface area contributed by atoms with Gasteiger partial charge in [-0.2, -0.15) is 4.98 Å². The van der Waals surface area contributed by atoms with E-state index in [1.165, 1.54) is 10.5 Å². The van der Waals surface area contributed by atoms with Crippen molar-refractivity contribution >= 4 is 41.2 Å². The molecule has 0 radical (unpaired) electrons. The van der Waals surface area contributed by atoms with E-state index < -0.39 is 11.5 Å². The molecular formula is C24H25N3O5S. The Morgan fingerprint density at radius 1 is 1.36 bits per heavy atom. The molecular weight excluding hydrogens is 442 g/mol. The van der Waals surface area contributed by atoms with Gasteiger partial charge in [-0.1, -0.05) is 19.9 Å². The zero-order valence-electron chi connectivity index (χ0n) is 18.4. The Morgan fingerprint density at radius 2 is 2.21 bits per heavy atom. The summed E-state index contributed by atoms with van der Waals surface area (Å²) in [6, 6.07) is 3.58. The fourth-order valence-corrected chi connectivity index (χ4v) is 4.25. The molecule has 4 rings (SSSR count). The number of fused-ring (bicyclic) bond motifs is 1. The average molecular weight is 468 g/mol. The Bertz CT molecular complexity index is 1270. The van der Waals surface area contributed by atoms with Crippen LogP contribution in [0.3, 0.4) is 0 Å². The van der Waals surface area contributed by atoms with Crippen molar-refractivity contribution in [1.29, 1.82) is 0 Å². The van der Waals surface area contributed by atoms with Gasteiger partial charge in [-0.15, -0.1) is 11.3 Å². The Balaban J connectivity index is 1.67. The maximum atomic E-state index is 13.1. The standard InChI is InChI=1S/C24H25N3O5S/c1-15(2)19-14-33-21(25-19)5-3-16-7-9-27-20(11-16)26-23(32-13-17-8-10-31-12-17)18(24(27)30)4-6-22(28)29/h3-7,9,11,14-15,17H,8,10,12-13H2,1-2H3,(H,28,29)/b5-3+,6-4+. The van der Waals surface area contributed by atoms with Crippen LogP contribution in [0.1, 0.15) is 48.0 Å². The molecule has 0 bridgehead atoms. The molecule has 8 nitrogen and oxygen atoms in total. The fraction of sp³-hybridized carbons (Fsp3) is 0.333. The van der Waals surface area contributed by atoms with Crippen LogP contribution in [0.15, 0.2) is 34.6 Å². The monoisotopic (exact) mass is 467 g/mol. The van der Waals surface area contributed by atoms with Crippen molar-refractivity contribution in [2.24, 2.45) is 5.92 Å². The summed E-state index contributed by atoms with van der Waals surface area (Å²) < 4.78 is 12.6. The zero-order valence-corrected chi connectivity index (χ0v) is 19.2. The third-order valence-corrected chi connectivity index (χ3v) is 6.10. The minimum absolute atomic E-state index is 0.0982. The summed E-state index contributed by atoms with van der Waals surface area (Å²) in [6.07, 6.45) is 8.49. The highest BCUT2D eigenvalue weighted by atomic mass is 32.1. The summed E-state index contributed by atoms with van der Waals surface area (Å²) in [5.74, 6) is -0.450. The van der Waals surface area contributed by atoms with Gasteiger partial charge >= 0.3 is 5.97 Å². The van der Waals surface area contributed by atoms with E-state index >= 15 is 0 Å². The average Bonchev–Trinajstić information content (AvgIpc) is 3.47. The van der Waals surface area contributed by atoms with Crippen molar-refractivity contribution in [3.05, 3.63) is 62.0 Å². The van der Waals surface area contributed by atoms with Crippen LogP contribution in [-0.4, -0.2) is 45.3 Å². The molecule has 1 saturated heterocycles. The number of carbonyl (C=O) groups is 1. The van der Waals surface area contributed by atoms with Gasteiger partial charge in [-0.3, -0.25) is 9.20 Å². The van der Waals surface area contributed by atoms with Crippen LogP contribution in [0.25, 0.3) is 23.9 Å². The Kier molecular flexibility index (Phi) is 7.00. The van der Waals surface area contributed by atoms with E-state index in [0.717, 1.165) is 28.8 Å². The second-order valence-corrected chi connectivity index (χ2v) is 9.02. The SMILES string of the molecule is CC(C)c1csc(/C=C/c2ccn3c(=O)c(/C=C/C(=O)O)c(OCC4CCOC4)nc3c2)n1. The van der Waals surface area contributed by atoms with Crippen molar-refractivity contribution in [2.75, 3.05) is 19.8 Å². The van der Waals surface area contributed by atoms with Gasteiger partial charge in [0.1, 0.15) is 16.2 Å². The molecule has 172 valence electrons. The first-order chi connectivity index (χ1) is 15.9. The van der Waals surface area contributed by atoms with Gasteiger partial charge in [0.15, 0.2) is 0 Å². The third-order valence-electron chi connectivity index (χ3n) is 5.28. The van der Waals surface area contributed by atoms with Crippen LogP contribution in [0, 0.1) is 5.92 Å². The normalized spacial score (nSPS) is 16.5. The van der Waals surface area contributed by atoms with E-state index in [1.54, 1.807) is 29.7 Å². The molecule has 9 heteroatoms. The molecule has 3 aromatic rings. The lowest BCUT2D eigenvalue weighted by atomic mass is 10.1. The van der Waals surface area contributed by atoms with E-state index in [0.29, 0.717) is 31.4 Å². The van der Waals surface area contributed by atoms with Gasteiger partial charge < -0.3 is 14.6 Å². The van der Waals surface area contributed by atoms with E-state index in [1.807, 2.05) is 12.2 Å². The molecule has 0 saturated carbocycles. The summed E-state index contributed by atoms with van der Waals surface area (Å²) >= 11 is 1.58. The first-order valence-corrected chi connectivity index (χ1v) is 11.6. The first kappa shape index (κ1) is 22.9. The molecule has 0 spiro atoms. The highest BCUT2D eigenvalue weighted by Crippen LogP contribution is 2.21. The molecule has 1 aliphatic rings. The lowest BCUT2D eigenvalue weighted by molar-refractivity contribution is -0.131. The summed E-state index contributed by atoms with van der Waals surface area (Å²) in [5.41, 5.74) is 2.03. The quantitative estimate of drug-likeness (QED) is 0.500. The van der Waals surface area contributed by atoms with Crippen LogP contribution < -0.4 is 10.3 Å². The molecule has 1 unspecified atom stereocenters. The van der Waals surface area contributed by atoms with Gasteiger partial charge in [0.2, 0.25) is 5.88 Å². The molecule has 1 N–H and O–H groups in total. The summed E-state index contributed by atoms with van der Waals surface area (Å²) in [6.45, 7) is 5.83. The molecule has 0 aromatic carbocycles. The number of ether oxygens (including phenoxy) is 2. The molecule has 1 aliphatic heterocycles. The van der Waals surface area contributed by atoms with Crippen molar-refractivity contribution in [3.8, 4) is 5.88 Å². The summed E-state index contributed by atoms with van der Waals surface area (Å²) in [5, 5.41) is 12.0. The molecule has 4 heterocycles. The fourth-order valence-electron chi connectivity index (χ4n) is 3.38. The number of pyridine rings is 1. The zero-order chi connectivity index (χ0) is 23.4. The Hall–Kier alpha value is -3.30. The molecule has 3 aromatic heterocycles. The van der Waals surface area contributed by atoms with Crippen LogP contribution in [0.5, 0.6) is 5.88 Å². The van der Waals surface area contributed by atoms with Crippen LogP contribution in [-0.2, 0) is 9.53 Å². The number of rotatable bonds is 8. The van der Waals surface area contributed by atoms with Crippen molar-refractivity contribution in [3.63, 3.8) is 0 Å². The number of carboxylic acids is 1. The first-order valence-electron chi connectivity index (χ1n) is 10.7. The van der Waals surface area contributed by atoms with Crippen molar-refractivity contribution in [2.45, 2.75) is 26.2 Å². The largest absolute Gasteiger partial charge is 0.478 e. The molecule has 0 amide bonds. The smallest absolute Gasteiger partial charge is 0.328 e. The minimum atomic E-state index is -1.15. The number of aromatic nitrogens is 3. The number of nitrogens with zero attached hydrogens (tertiary/aromatic N) is 3. The second kappa shape index (κ2) is 10.1. The van der Waals surface area contributed by atoms with E-state index in [-0.39, 0.29) is 17.4 Å². The lowest BCUT2D eigenvalue weighted by Gasteiger charge is -2.13. The number of carboxylic acid groups (broad SMARTS) is 1. The van der Waals surface area contributed by atoms with Crippen LogP contribution in [0.2, 0.25) is 0 Å². The Morgan fingerprint density at radius 3 is 2.91 bits per heavy atom. The predicted octanol–water partition coefficient (Wildman–Crippen LogP) is 3.96. The number of hydrogen-bond acceptors (Lipinski definition) is 7. The van der Waals surface area contributed by atoms with Gasteiger partial charge in [-0.05, 0) is 42.2 Å². The maximum Gasteiger partial charge on any atom is 0.328 e. The predicted molar refractivity (Wildman–Crippen MR) is 128 cm³/mol. The van der Waals surface area contributed by atoms with Gasteiger partial charge in [0.25, 0.3) is 5.56 Å². The topological polar surface area (TPSA) is 103 Å². The molecule has 1 atom stereocenters. The summed E-state index contributed by atoms with van der Waals surface area (Å²) in [4.78, 5) is 33.2. The number of aliphatic carboxylic acids is 1. The lowest BCUT2D eigenvalue weighted by Crippen LogP contribution is -2.21.